The zero-order chi connectivity index (χ0) is 12.1. The first kappa shape index (κ1) is 12.8. The summed E-state index contributed by atoms with van der Waals surface area (Å²) in [5.41, 5.74) is 5.13. The van der Waals surface area contributed by atoms with Crippen LogP contribution in [0, 0.1) is 5.92 Å². The van der Waals surface area contributed by atoms with Gasteiger partial charge in [-0.05, 0) is 34.1 Å². The van der Waals surface area contributed by atoms with Crippen LogP contribution in [-0.2, 0) is 4.79 Å². The molecule has 0 fully saturated rings. The van der Waals surface area contributed by atoms with Gasteiger partial charge in [0.15, 0.2) is 0 Å². The Labute approximate surface area is 103 Å². The number of hydrogen-bond acceptors (Lipinski definition) is 3. The predicted molar refractivity (Wildman–Crippen MR) is 64.5 cm³/mol. The topological polar surface area (TPSA) is 61.6 Å². The van der Waals surface area contributed by atoms with Gasteiger partial charge in [-0.3, -0.25) is 4.79 Å². The summed E-state index contributed by atoms with van der Waals surface area (Å²) in [4.78, 5) is 10.8. The molecular formula is C11H14BrNO3. The monoisotopic (exact) mass is 287 g/mol. The van der Waals surface area contributed by atoms with Crippen molar-refractivity contribution in [3.8, 4) is 11.5 Å². The van der Waals surface area contributed by atoms with Gasteiger partial charge in [0, 0.05) is 0 Å². The van der Waals surface area contributed by atoms with E-state index >= 15 is 0 Å². The first-order valence-electron chi connectivity index (χ1n) is 4.80. The van der Waals surface area contributed by atoms with E-state index in [2.05, 4.69) is 15.9 Å². The summed E-state index contributed by atoms with van der Waals surface area (Å²) in [7, 11) is 1.59. The molecule has 1 amide bonds. The number of hydrogen-bond donors (Lipinski definition) is 1. The molecule has 0 saturated heterocycles. The molecule has 0 spiro atoms. The third kappa shape index (κ3) is 3.41. The van der Waals surface area contributed by atoms with E-state index in [1.165, 1.54) is 0 Å². The molecule has 4 nitrogen and oxygen atoms in total. The lowest BCUT2D eigenvalue weighted by atomic mass is 10.2. The smallest absolute Gasteiger partial charge is 0.223 e. The molecule has 0 aliphatic heterocycles. The minimum atomic E-state index is -0.371. The Bertz CT molecular complexity index is 381. The van der Waals surface area contributed by atoms with Crippen molar-refractivity contribution in [3.63, 3.8) is 0 Å². The van der Waals surface area contributed by atoms with E-state index in [0.29, 0.717) is 5.75 Å². The van der Waals surface area contributed by atoms with Gasteiger partial charge < -0.3 is 15.2 Å². The maximum Gasteiger partial charge on any atom is 0.223 e. The minimum absolute atomic E-state index is 0.264. The van der Waals surface area contributed by atoms with E-state index in [4.69, 9.17) is 15.2 Å². The van der Waals surface area contributed by atoms with Crippen molar-refractivity contribution in [1.82, 2.24) is 0 Å². The average molecular weight is 288 g/mol. The highest BCUT2D eigenvalue weighted by molar-refractivity contribution is 9.10. The Morgan fingerprint density at radius 1 is 1.56 bits per heavy atom. The first-order chi connectivity index (χ1) is 7.54. The molecule has 5 heteroatoms. The van der Waals surface area contributed by atoms with E-state index < -0.39 is 0 Å². The van der Waals surface area contributed by atoms with Crippen LogP contribution in [0.25, 0.3) is 0 Å². The molecule has 0 heterocycles. The Morgan fingerprint density at radius 3 is 2.75 bits per heavy atom. The van der Waals surface area contributed by atoms with Gasteiger partial charge in [0.1, 0.15) is 11.5 Å². The van der Waals surface area contributed by atoms with Crippen LogP contribution in [0.5, 0.6) is 11.5 Å². The normalized spacial score (nSPS) is 11.9. The number of carbonyl (C=O) groups excluding carboxylic acids is 1. The summed E-state index contributed by atoms with van der Waals surface area (Å²) in [6, 6.07) is 5.36. The van der Waals surface area contributed by atoms with Crippen LogP contribution >= 0.6 is 15.9 Å². The molecule has 0 aliphatic carbocycles. The molecule has 88 valence electrons. The molecular weight excluding hydrogens is 274 g/mol. The third-order valence-corrected chi connectivity index (χ3v) is 2.73. The third-order valence-electron chi connectivity index (χ3n) is 2.11. The number of amides is 1. The number of halogens is 1. The molecule has 0 radical (unpaired) electrons. The van der Waals surface area contributed by atoms with Crippen molar-refractivity contribution in [1.29, 1.82) is 0 Å². The van der Waals surface area contributed by atoms with Crippen molar-refractivity contribution in [2.45, 2.75) is 6.92 Å². The average Bonchev–Trinajstić information content (AvgIpc) is 2.26. The minimum Gasteiger partial charge on any atom is -0.497 e. The van der Waals surface area contributed by atoms with Gasteiger partial charge in [0.25, 0.3) is 0 Å². The number of carbonyl (C=O) groups is 1. The fourth-order valence-corrected chi connectivity index (χ4v) is 1.49. The summed E-state index contributed by atoms with van der Waals surface area (Å²) in [5, 5.41) is 0. The van der Waals surface area contributed by atoms with Crippen molar-refractivity contribution in [3.05, 3.63) is 22.7 Å². The molecule has 1 unspecified atom stereocenters. The van der Waals surface area contributed by atoms with Crippen LogP contribution in [0.4, 0.5) is 0 Å². The van der Waals surface area contributed by atoms with Crippen molar-refractivity contribution < 1.29 is 14.3 Å². The largest absolute Gasteiger partial charge is 0.497 e. The lowest BCUT2D eigenvalue weighted by Crippen LogP contribution is -2.25. The van der Waals surface area contributed by atoms with Crippen LogP contribution < -0.4 is 15.2 Å². The second kappa shape index (κ2) is 5.75. The van der Waals surface area contributed by atoms with Crippen LogP contribution in [-0.4, -0.2) is 19.6 Å². The molecule has 1 atom stereocenters. The SMILES string of the molecule is COc1ccc(OCC(C)C(N)=O)c(Br)c1. The van der Waals surface area contributed by atoms with Gasteiger partial charge in [0.2, 0.25) is 5.91 Å². The Kier molecular flexibility index (Phi) is 4.61. The highest BCUT2D eigenvalue weighted by atomic mass is 79.9. The second-order valence-corrected chi connectivity index (χ2v) is 4.27. The quantitative estimate of drug-likeness (QED) is 0.901. The zero-order valence-electron chi connectivity index (χ0n) is 9.20. The second-order valence-electron chi connectivity index (χ2n) is 3.41. The first-order valence-corrected chi connectivity index (χ1v) is 5.59. The number of ether oxygens (including phenoxy) is 2. The number of rotatable bonds is 5. The molecule has 2 N–H and O–H groups in total. The molecule has 16 heavy (non-hydrogen) atoms. The van der Waals surface area contributed by atoms with E-state index in [1.807, 2.05) is 0 Å². The fraction of sp³-hybridized carbons (Fsp3) is 0.364. The lowest BCUT2D eigenvalue weighted by Gasteiger charge is -2.12. The maximum absolute atomic E-state index is 10.8. The Hall–Kier alpha value is -1.23. The molecule has 1 aromatic rings. The molecule has 0 aliphatic rings. The number of benzene rings is 1. The summed E-state index contributed by atoms with van der Waals surface area (Å²) in [6.07, 6.45) is 0. The summed E-state index contributed by atoms with van der Waals surface area (Å²) in [6.45, 7) is 1.99. The van der Waals surface area contributed by atoms with Crippen LogP contribution in [0.15, 0.2) is 22.7 Å². The molecule has 0 aromatic heterocycles. The standard InChI is InChI=1S/C11H14BrNO3/c1-7(11(13)14)6-16-10-4-3-8(15-2)5-9(10)12/h3-5,7H,6H2,1-2H3,(H2,13,14). The number of primary amides is 1. The summed E-state index contributed by atoms with van der Waals surface area (Å²) < 4.78 is 11.3. The Morgan fingerprint density at radius 2 is 2.25 bits per heavy atom. The van der Waals surface area contributed by atoms with Crippen molar-refractivity contribution >= 4 is 21.8 Å². The summed E-state index contributed by atoms with van der Waals surface area (Å²) >= 11 is 3.35. The number of nitrogens with two attached hydrogens (primary N) is 1. The van der Waals surface area contributed by atoms with Gasteiger partial charge >= 0.3 is 0 Å². The van der Waals surface area contributed by atoms with Gasteiger partial charge in [-0.15, -0.1) is 0 Å². The van der Waals surface area contributed by atoms with Gasteiger partial charge in [-0.1, -0.05) is 6.92 Å². The highest BCUT2D eigenvalue weighted by Gasteiger charge is 2.10. The highest BCUT2D eigenvalue weighted by Crippen LogP contribution is 2.29. The van der Waals surface area contributed by atoms with E-state index in [-0.39, 0.29) is 18.4 Å². The fourth-order valence-electron chi connectivity index (χ4n) is 1.02. The van der Waals surface area contributed by atoms with E-state index in [1.54, 1.807) is 32.2 Å². The molecule has 1 aromatic carbocycles. The number of methoxy groups -OCH3 is 1. The zero-order valence-corrected chi connectivity index (χ0v) is 10.8. The van der Waals surface area contributed by atoms with E-state index in [9.17, 15) is 4.79 Å². The van der Waals surface area contributed by atoms with Gasteiger partial charge in [0.05, 0.1) is 24.1 Å². The van der Waals surface area contributed by atoms with E-state index in [0.717, 1.165) is 10.2 Å². The Balaban J connectivity index is 2.64. The molecule has 1 rings (SSSR count). The maximum atomic E-state index is 10.8. The van der Waals surface area contributed by atoms with Gasteiger partial charge in [-0.25, -0.2) is 0 Å². The van der Waals surface area contributed by atoms with Crippen LogP contribution in [0.3, 0.4) is 0 Å². The predicted octanol–water partition coefficient (Wildman–Crippen LogP) is 1.96. The van der Waals surface area contributed by atoms with Crippen LogP contribution in [0.1, 0.15) is 6.92 Å². The van der Waals surface area contributed by atoms with Crippen molar-refractivity contribution in [2.75, 3.05) is 13.7 Å². The summed E-state index contributed by atoms with van der Waals surface area (Å²) in [5.74, 6) is 0.717. The van der Waals surface area contributed by atoms with Gasteiger partial charge in [-0.2, -0.15) is 0 Å². The molecule has 0 bridgehead atoms. The molecule has 0 saturated carbocycles. The lowest BCUT2D eigenvalue weighted by molar-refractivity contribution is -0.122. The van der Waals surface area contributed by atoms with Crippen LogP contribution in [0.2, 0.25) is 0 Å². The van der Waals surface area contributed by atoms with Crippen molar-refractivity contribution in [2.24, 2.45) is 11.7 Å².